The maximum absolute atomic E-state index is 9.12. The number of hydrogen-bond donors (Lipinski definition) is 2. The largest absolute Gasteiger partial charge is 0.494 e. The van der Waals surface area contributed by atoms with Crippen LogP contribution in [-0.4, -0.2) is 24.4 Å². The van der Waals surface area contributed by atoms with E-state index in [-0.39, 0.29) is 12.6 Å². The molecule has 1 aromatic carbocycles. The highest BCUT2D eigenvalue weighted by Gasteiger charge is 2.03. The van der Waals surface area contributed by atoms with Crippen LogP contribution < -0.4 is 10.1 Å². The molecule has 2 N–H and O–H groups in total. The summed E-state index contributed by atoms with van der Waals surface area (Å²) in [5.41, 5.74) is 1.22. The molecule has 0 aliphatic carbocycles. The molecule has 114 valence electrons. The van der Waals surface area contributed by atoms with Gasteiger partial charge in [0.25, 0.3) is 0 Å². The van der Waals surface area contributed by atoms with E-state index in [1.54, 1.807) is 0 Å². The third-order valence-electron chi connectivity index (χ3n) is 3.50. The van der Waals surface area contributed by atoms with Gasteiger partial charge in [0.05, 0.1) is 13.2 Å². The summed E-state index contributed by atoms with van der Waals surface area (Å²) in [7, 11) is 0. The molecule has 1 aromatic rings. The van der Waals surface area contributed by atoms with Crippen molar-refractivity contribution in [1.29, 1.82) is 0 Å². The Morgan fingerprint density at radius 2 is 1.85 bits per heavy atom. The molecule has 0 spiro atoms. The van der Waals surface area contributed by atoms with E-state index in [4.69, 9.17) is 9.84 Å². The van der Waals surface area contributed by atoms with Crippen LogP contribution in [0.15, 0.2) is 24.3 Å². The molecule has 0 aliphatic heterocycles. The van der Waals surface area contributed by atoms with Gasteiger partial charge in [-0.05, 0) is 30.5 Å². The second-order valence-corrected chi connectivity index (χ2v) is 5.22. The first kappa shape index (κ1) is 17.0. The van der Waals surface area contributed by atoms with Gasteiger partial charge in [-0.25, -0.2) is 0 Å². The van der Waals surface area contributed by atoms with Gasteiger partial charge in [-0.2, -0.15) is 0 Å². The minimum Gasteiger partial charge on any atom is -0.494 e. The Labute approximate surface area is 123 Å². The van der Waals surface area contributed by atoms with E-state index in [0.717, 1.165) is 31.7 Å². The van der Waals surface area contributed by atoms with Crippen LogP contribution >= 0.6 is 0 Å². The Morgan fingerprint density at radius 3 is 2.45 bits per heavy atom. The average Bonchev–Trinajstić information content (AvgIpc) is 2.49. The van der Waals surface area contributed by atoms with Crippen LogP contribution in [-0.2, 0) is 6.54 Å². The van der Waals surface area contributed by atoms with E-state index in [1.807, 2.05) is 12.1 Å². The van der Waals surface area contributed by atoms with Gasteiger partial charge in [-0.3, -0.25) is 0 Å². The highest BCUT2D eigenvalue weighted by molar-refractivity contribution is 5.27. The number of rotatable bonds is 11. The molecule has 0 aromatic heterocycles. The molecule has 0 heterocycles. The third-order valence-corrected chi connectivity index (χ3v) is 3.50. The highest BCUT2D eigenvalue weighted by Crippen LogP contribution is 2.13. The number of hydrogen-bond acceptors (Lipinski definition) is 3. The van der Waals surface area contributed by atoms with Crippen molar-refractivity contribution in [2.75, 3.05) is 13.2 Å². The van der Waals surface area contributed by atoms with Gasteiger partial charge in [0.15, 0.2) is 0 Å². The number of ether oxygens (including phenoxy) is 1. The van der Waals surface area contributed by atoms with Gasteiger partial charge in [0.1, 0.15) is 5.75 Å². The maximum Gasteiger partial charge on any atom is 0.119 e. The summed E-state index contributed by atoms with van der Waals surface area (Å²) < 4.78 is 5.72. The Balaban J connectivity index is 2.25. The van der Waals surface area contributed by atoms with Crippen molar-refractivity contribution in [3.05, 3.63) is 29.8 Å². The SMILES string of the molecule is CCCCCCOc1ccc(CNC(CC)CO)cc1. The number of aliphatic hydroxyl groups is 1. The first-order valence-electron chi connectivity index (χ1n) is 7.86. The van der Waals surface area contributed by atoms with E-state index in [0.29, 0.717) is 0 Å². The number of nitrogens with one attached hydrogen (secondary N) is 1. The van der Waals surface area contributed by atoms with E-state index in [9.17, 15) is 0 Å². The van der Waals surface area contributed by atoms with Gasteiger partial charge in [-0.15, -0.1) is 0 Å². The molecule has 0 bridgehead atoms. The molecular formula is C17H29NO2. The van der Waals surface area contributed by atoms with E-state index in [2.05, 4.69) is 31.3 Å². The zero-order valence-corrected chi connectivity index (χ0v) is 12.9. The predicted molar refractivity (Wildman–Crippen MR) is 84.1 cm³/mol. The standard InChI is InChI=1S/C17H29NO2/c1-3-5-6-7-12-20-17-10-8-15(9-11-17)13-18-16(4-2)14-19/h8-11,16,18-19H,3-7,12-14H2,1-2H3. The van der Waals surface area contributed by atoms with Gasteiger partial charge >= 0.3 is 0 Å². The zero-order valence-electron chi connectivity index (χ0n) is 12.9. The second kappa shape index (κ2) is 10.7. The lowest BCUT2D eigenvalue weighted by molar-refractivity contribution is 0.238. The van der Waals surface area contributed by atoms with Crippen molar-refractivity contribution in [2.24, 2.45) is 0 Å². The van der Waals surface area contributed by atoms with Crippen molar-refractivity contribution < 1.29 is 9.84 Å². The lowest BCUT2D eigenvalue weighted by atomic mass is 10.2. The maximum atomic E-state index is 9.12. The summed E-state index contributed by atoms with van der Waals surface area (Å²) in [5, 5.41) is 12.5. The molecule has 1 atom stereocenters. The summed E-state index contributed by atoms with van der Waals surface area (Å²) in [6.45, 7) is 6.07. The molecule has 3 nitrogen and oxygen atoms in total. The van der Waals surface area contributed by atoms with Gasteiger partial charge < -0.3 is 15.2 Å². The molecule has 0 aliphatic rings. The molecule has 0 amide bonds. The van der Waals surface area contributed by atoms with Crippen LogP contribution in [0.1, 0.15) is 51.5 Å². The summed E-state index contributed by atoms with van der Waals surface area (Å²) >= 11 is 0. The zero-order chi connectivity index (χ0) is 14.6. The van der Waals surface area contributed by atoms with Crippen molar-refractivity contribution >= 4 is 0 Å². The molecule has 0 fully saturated rings. The van der Waals surface area contributed by atoms with E-state index in [1.165, 1.54) is 24.8 Å². The minimum atomic E-state index is 0.185. The smallest absolute Gasteiger partial charge is 0.119 e. The van der Waals surface area contributed by atoms with Crippen LogP contribution in [0.3, 0.4) is 0 Å². The molecule has 3 heteroatoms. The lowest BCUT2D eigenvalue weighted by Crippen LogP contribution is -2.31. The van der Waals surface area contributed by atoms with Crippen LogP contribution in [0.4, 0.5) is 0 Å². The fourth-order valence-corrected chi connectivity index (χ4v) is 2.02. The number of benzene rings is 1. The van der Waals surface area contributed by atoms with Crippen molar-refractivity contribution in [2.45, 2.75) is 58.5 Å². The number of aliphatic hydroxyl groups excluding tert-OH is 1. The molecule has 0 saturated heterocycles. The predicted octanol–water partition coefficient (Wildman–Crippen LogP) is 3.51. The Kier molecular flexibility index (Phi) is 9.09. The molecular weight excluding hydrogens is 250 g/mol. The number of unbranched alkanes of at least 4 members (excludes halogenated alkanes) is 3. The molecule has 20 heavy (non-hydrogen) atoms. The summed E-state index contributed by atoms with van der Waals surface area (Å²) in [6, 6.07) is 8.40. The fraction of sp³-hybridized carbons (Fsp3) is 0.647. The van der Waals surface area contributed by atoms with Gasteiger partial charge in [0.2, 0.25) is 0 Å². The lowest BCUT2D eigenvalue weighted by Gasteiger charge is -2.14. The van der Waals surface area contributed by atoms with Crippen molar-refractivity contribution in [3.8, 4) is 5.75 Å². The van der Waals surface area contributed by atoms with E-state index < -0.39 is 0 Å². The normalized spacial score (nSPS) is 12.3. The van der Waals surface area contributed by atoms with Gasteiger partial charge in [-0.1, -0.05) is 45.2 Å². The molecule has 0 saturated carbocycles. The van der Waals surface area contributed by atoms with E-state index >= 15 is 0 Å². The quantitative estimate of drug-likeness (QED) is 0.609. The first-order chi connectivity index (χ1) is 9.80. The van der Waals surface area contributed by atoms with Crippen LogP contribution in [0.5, 0.6) is 5.75 Å². The Morgan fingerprint density at radius 1 is 1.10 bits per heavy atom. The Hall–Kier alpha value is -1.06. The van der Waals surface area contributed by atoms with Crippen molar-refractivity contribution in [3.63, 3.8) is 0 Å². The minimum absolute atomic E-state index is 0.185. The van der Waals surface area contributed by atoms with Crippen LogP contribution in [0, 0.1) is 0 Å². The molecule has 1 rings (SSSR count). The monoisotopic (exact) mass is 279 g/mol. The molecule has 1 unspecified atom stereocenters. The fourth-order valence-electron chi connectivity index (χ4n) is 2.02. The van der Waals surface area contributed by atoms with Gasteiger partial charge in [0, 0.05) is 12.6 Å². The second-order valence-electron chi connectivity index (χ2n) is 5.22. The van der Waals surface area contributed by atoms with Crippen LogP contribution in [0.25, 0.3) is 0 Å². The summed E-state index contributed by atoms with van der Waals surface area (Å²) in [6.07, 6.45) is 5.87. The summed E-state index contributed by atoms with van der Waals surface area (Å²) in [5.74, 6) is 0.944. The van der Waals surface area contributed by atoms with Crippen LogP contribution in [0.2, 0.25) is 0 Å². The topological polar surface area (TPSA) is 41.5 Å². The average molecular weight is 279 g/mol. The molecule has 0 radical (unpaired) electrons. The Bertz CT molecular complexity index is 333. The summed E-state index contributed by atoms with van der Waals surface area (Å²) in [4.78, 5) is 0. The third kappa shape index (κ3) is 6.92. The van der Waals surface area contributed by atoms with Crippen molar-refractivity contribution in [1.82, 2.24) is 5.32 Å². The first-order valence-corrected chi connectivity index (χ1v) is 7.86. The highest BCUT2D eigenvalue weighted by atomic mass is 16.5.